The van der Waals surface area contributed by atoms with Gasteiger partial charge in [-0.3, -0.25) is 0 Å². The van der Waals surface area contributed by atoms with E-state index in [-0.39, 0.29) is 0 Å². The van der Waals surface area contributed by atoms with E-state index in [4.69, 9.17) is 0 Å². The number of hydrogen-bond acceptors (Lipinski definition) is 3. The van der Waals surface area contributed by atoms with Crippen LogP contribution in [-0.2, 0) is 6.54 Å². The third-order valence-corrected chi connectivity index (χ3v) is 3.73. The summed E-state index contributed by atoms with van der Waals surface area (Å²) in [6, 6.07) is 7.79. The molecular weight excluding hydrogens is 250 g/mol. The van der Waals surface area contributed by atoms with Gasteiger partial charge in [0, 0.05) is 17.6 Å². The van der Waals surface area contributed by atoms with E-state index in [1.807, 2.05) is 12.1 Å². The zero-order chi connectivity index (χ0) is 14.5. The van der Waals surface area contributed by atoms with Crippen molar-refractivity contribution in [3.05, 3.63) is 34.9 Å². The minimum atomic E-state index is 0.500. The van der Waals surface area contributed by atoms with E-state index < -0.39 is 0 Å². The Bertz CT molecular complexity index is 589. The van der Waals surface area contributed by atoms with Crippen molar-refractivity contribution in [3.63, 3.8) is 0 Å². The molecule has 0 atom stereocenters. The Balaban J connectivity index is 2.12. The first-order valence-corrected chi connectivity index (χ1v) is 7.27. The lowest BCUT2D eigenvalue weighted by Crippen LogP contribution is -2.21. The van der Waals surface area contributed by atoms with Gasteiger partial charge in [0.25, 0.3) is 0 Å². The molecule has 0 unspecified atom stereocenters. The summed E-state index contributed by atoms with van der Waals surface area (Å²) in [4.78, 5) is 13.0. The highest BCUT2D eigenvalue weighted by Crippen LogP contribution is 2.24. The summed E-state index contributed by atoms with van der Waals surface area (Å²) in [7, 11) is 2.17. The molecule has 2 rings (SSSR count). The first-order chi connectivity index (χ1) is 9.65. The third kappa shape index (κ3) is 3.25. The molecule has 0 fully saturated rings. The fourth-order valence-electron chi connectivity index (χ4n) is 2.73. The number of nitrogens with zero attached hydrogens (tertiary/aromatic N) is 3. The van der Waals surface area contributed by atoms with E-state index in [0.717, 1.165) is 31.6 Å². The van der Waals surface area contributed by atoms with Crippen LogP contribution in [0.25, 0.3) is 10.9 Å². The van der Waals surface area contributed by atoms with Gasteiger partial charge in [0.05, 0.1) is 5.52 Å². The lowest BCUT2D eigenvalue weighted by Gasteiger charge is -2.16. The van der Waals surface area contributed by atoms with E-state index in [1.165, 1.54) is 17.5 Å². The smallest absolute Gasteiger partial charge is 0.110 e. The molecule has 0 radical (unpaired) electrons. The van der Waals surface area contributed by atoms with Crippen LogP contribution in [0.3, 0.4) is 0 Å². The Morgan fingerprint density at radius 1 is 1.25 bits per heavy atom. The molecular formula is C16H23N3O. The summed E-state index contributed by atoms with van der Waals surface area (Å²) in [6.07, 6.45) is 2.30. The Morgan fingerprint density at radius 2 is 2.05 bits per heavy atom. The fraction of sp³-hybridized carbons (Fsp3) is 0.500. The molecule has 1 heterocycles. The summed E-state index contributed by atoms with van der Waals surface area (Å²) < 4.78 is 2.28. The van der Waals surface area contributed by atoms with Gasteiger partial charge in [-0.05, 0) is 63.3 Å². The first kappa shape index (κ1) is 14.7. The highest BCUT2D eigenvalue weighted by molar-refractivity contribution is 5.84. The summed E-state index contributed by atoms with van der Waals surface area (Å²) in [6.45, 7) is 7.53. The van der Waals surface area contributed by atoms with Crippen molar-refractivity contribution in [3.8, 4) is 0 Å². The lowest BCUT2D eigenvalue weighted by molar-refractivity contribution is 0.322. The SMILES string of the molecule is CCCN(C)CCCn1c(C)cc2ccc(N=O)cc21. The van der Waals surface area contributed by atoms with Gasteiger partial charge >= 0.3 is 0 Å². The Labute approximate surface area is 120 Å². The average molecular weight is 273 g/mol. The molecule has 4 heteroatoms. The summed E-state index contributed by atoms with van der Waals surface area (Å²) in [5.74, 6) is 0. The molecule has 0 spiro atoms. The number of hydrogen-bond donors (Lipinski definition) is 0. The van der Waals surface area contributed by atoms with Crippen LogP contribution in [0.1, 0.15) is 25.5 Å². The predicted octanol–water partition coefficient (Wildman–Crippen LogP) is 4.08. The van der Waals surface area contributed by atoms with Gasteiger partial charge in [-0.1, -0.05) is 13.0 Å². The third-order valence-electron chi connectivity index (χ3n) is 3.73. The van der Waals surface area contributed by atoms with Crippen molar-refractivity contribution < 1.29 is 0 Å². The summed E-state index contributed by atoms with van der Waals surface area (Å²) in [5.41, 5.74) is 2.85. The van der Waals surface area contributed by atoms with Crippen molar-refractivity contribution in [2.45, 2.75) is 33.2 Å². The Kier molecular flexibility index (Phi) is 4.90. The quantitative estimate of drug-likeness (QED) is 0.713. The lowest BCUT2D eigenvalue weighted by atomic mass is 10.2. The van der Waals surface area contributed by atoms with Gasteiger partial charge in [0.1, 0.15) is 5.69 Å². The maximum absolute atomic E-state index is 10.7. The zero-order valence-electron chi connectivity index (χ0n) is 12.6. The first-order valence-electron chi connectivity index (χ1n) is 7.27. The molecule has 2 aromatic rings. The molecule has 108 valence electrons. The van der Waals surface area contributed by atoms with Gasteiger partial charge in [0.2, 0.25) is 0 Å². The van der Waals surface area contributed by atoms with E-state index in [9.17, 15) is 4.91 Å². The maximum Gasteiger partial charge on any atom is 0.110 e. The number of fused-ring (bicyclic) bond motifs is 1. The molecule has 4 nitrogen and oxygen atoms in total. The molecule has 0 N–H and O–H groups in total. The van der Waals surface area contributed by atoms with Crippen LogP contribution in [0.4, 0.5) is 5.69 Å². The van der Waals surface area contributed by atoms with Gasteiger partial charge in [-0.15, -0.1) is 4.91 Å². The van der Waals surface area contributed by atoms with E-state index in [0.29, 0.717) is 5.69 Å². The predicted molar refractivity (Wildman–Crippen MR) is 84.5 cm³/mol. The van der Waals surface area contributed by atoms with E-state index >= 15 is 0 Å². The van der Waals surface area contributed by atoms with Crippen molar-refractivity contribution in [2.75, 3.05) is 20.1 Å². The van der Waals surface area contributed by atoms with Crippen molar-refractivity contribution in [1.29, 1.82) is 0 Å². The summed E-state index contributed by atoms with van der Waals surface area (Å²) >= 11 is 0. The molecule has 1 aromatic carbocycles. The second-order valence-corrected chi connectivity index (χ2v) is 5.43. The van der Waals surface area contributed by atoms with Gasteiger partial charge in [0.15, 0.2) is 0 Å². The van der Waals surface area contributed by atoms with Crippen molar-refractivity contribution >= 4 is 16.6 Å². The minimum Gasteiger partial charge on any atom is -0.345 e. The second-order valence-electron chi connectivity index (χ2n) is 5.43. The van der Waals surface area contributed by atoms with Gasteiger partial charge in [-0.2, -0.15) is 0 Å². The fourth-order valence-corrected chi connectivity index (χ4v) is 2.73. The highest BCUT2D eigenvalue weighted by Gasteiger charge is 2.07. The monoisotopic (exact) mass is 273 g/mol. The molecule has 0 amide bonds. The molecule has 0 aliphatic heterocycles. The molecule has 1 aromatic heterocycles. The average Bonchev–Trinajstić information content (AvgIpc) is 2.74. The van der Waals surface area contributed by atoms with Crippen LogP contribution in [0.2, 0.25) is 0 Å². The van der Waals surface area contributed by atoms with Gasteiger partial charge in [-0.25, -0.2) is 0 Å². The topological polar surface area (TPSA) is 37.6 Å². The summed E-state index contributed by atoms with van der Waals surface area (Å²) in [5, 5.41) is 4.21. The molecule has 0 bridgehead atoms. The minimum absolute atomic E-state index is 0.500. The second kappa shape index (κ2) is 6.66. The Morgan fingerprint density at radius 3 is 2.75 bits per heavy atom. The van der Waals surface area contributed by atoms with Crippen LogP contribution in [0.5, 0.6) is 0 Å². The number of rotatable bonds is 7. The van der Waals surface area contributed by atoms with E-state index in [1.54, 1.807) is 6.07 Å². The van der Waals surface area contributed by atoms with Crippen LogP contribution in [-0.4, -0.2) is 29.6 Å². The largest absolute Gasteiger partial charge is 0.345 e. The Hall–Kier alpha value is -1.68. The zero-order valence-corrected chi connectivity index (χ0v) is 12.6. The molecule has 20 heavy (non-hydrogen) atoms. The molecule has 0 saturated carbocycles. The van der Waals surface area contributed by atoms with Crippen LogP contribution < -0.4 is 0 Å². The van der Waals surface area contributed by atoms with Crippen LogP contribution >= 0.6 is 0 Å². The standard InChI is InChI=1S/C16H23N3O/c1-4-8-18(3)9-5-10-19-13(2)11-14-6-7-15(17-20)12-16(14)19/h6-7,11-12H,4-5,8-10H2,1-3H3. The van der Waals surface area contributed by atoms with Crippen molar-refractivity contribution in [2.24, 2.45) is 5.18 Å². The highest BCUT2D eigenvalue weighted by atomic mass is 16.3. The maximum atomic E-state index is 10.7. The number of aryl methyl sites for hydroxylation is 2. The number of nitroso groups, excluding NO2 is 1. The normalized spacial score (nSPS) is 11.4. The van der Waals surface area contributed by atoms with E-state index in [2.05, 4.69) is 41.6 Å². The molecule has 0 saturated heterocycles. The van der Waals surface area contributed by atoms with Gasteiger partial charge < -0.3 is 9.47 Å². The molecule has 0 aliphatic carbocycles. The van der Waals surface area contributed by atoms with Crippen molar-refractivity contribution in [1.82, 2.24) is 9.47 Å². The van der Waals surface area contributed by atoms with Crippen LogP contribution in [0, 0.1) is 11.8 Å². The number of benzene rings is 1. The molecule has 0 aliphatic rings. The number of aromatic nitrogens is 1. The van der Waals surface area contributed by atoms with Crippen LogP contribution in [0.15, 0.2) is 29.4 Å².